The number of benzene rings is 1. The van der Waals surface area contributed by atoms with Crippen LogP contribution in [-0.2, 0) is 4.74 Å². The summed E-state index contributed by atoms with van der Waals surface area (Å²) in [5, 5.41) is 9.11. The molecule has 2 aromatic rings. The Morgan fingerprint density at radius 1 is 1.18 bits per heavy atom. The Morgan fingerprint density at radius 3 is 2.23 bits per heavy atom. The summed E-state index contributed by atoms with van der Waals surface area (Å²) in [6, 6.07) is 7.02. The molecule has 2 N–H and O–H groups in total. The Bertz CT molecular complexity index is 737. The van der Waals surface area contributed by atoms with Crippen LogP contribution < -0.4 is 15.2 Å². The van der Waals surface area contributed by atoms with Crippen molar-refractivity contribution < 1.29 is 19.0 Å². The summed E-state index contributed by atoms with van der Waals surface area (Å²) in [4.78, 5) is 12.0. The highest BCUT2D eigenvalue weighted by atomic mass is 16.5. The number of anilines is 1. The third-order valence-electron chi connectivity index (χ3n) is 3.16. The first-order valence-electron chi connectivity index (χ1n) is 6.28. The van der Waals surface area contributed by atoms with Gasteiger partial charge in [-0.25, -0.2) is 4.79 Å². The summed E-state index contributed by atoms with van der Waals surface area (Å²) < 4.78 is 16.6. The van der Waals surface area contributed by atoms with Gasteiger partial charge in [-0.1, -0.05) is 0 Å². The fourth-order valence-electron chi connectivity index (χ4n) is 2.05. The van der Waals surface area contributed by atoms with Gasteiger partial charge < -0.3 is 24.5 Å². The monoisotopic (exact) mass is 301 g/mol. The lowest BCUT2D eigenvalue weighted by Gasteiger charge is -2.12. The van der Waals surface area contributed by atoms with E-state index >= 15 is 0 Å². The Kier molecular flexibility index (Phi) is 4.23. The van der Waals surface area contributed by atoms with Crippen LogP contribution in [0.1, 0.15) is 16.1 Å². The van der Waals surface area contributed by atoms with Gasteiger partial charge >= 0.3 is 5.97 Å². The summed E-state index contributed by atoms with van der Waals surface area (Å²) in [7, 11) is 4.28. The highest BCUT2D eigenvalue weighted by molar-refractivity contribution is 5.96. The molecule has 7 nitrogen and oxygen atoms in total. The fourth-order valence-corrected chi connectivity index (χ4v) is 2.05. The topological polar surface area (TPSA) is 99.5 Å². The molecule has 0 saturated heterocycles. The van der Waals surface area contributed by atoms with Gasteiger partial charge in [0.05, 0.1) is 38.3 Å². The van der Waals surface area contributed by atoms with Crippen LogP contribution in [-0.4, -0.2) is 31.9 Å². The zero-order valence-corrected chi connectivity index (χ0v) is 12.4. The van der Waals surface area contributed by atoms with Crippen molar-refractivity contribution in [3.05, 3.63) is 35.7 Å². The van der Waals surface area contributed by atoms with Crippen LogP contribution >= 0.6 is 0 Å². The first-order valence-corrected chi connectivity index (χ1v) is 6.28. The van der Waals surface area contributed by atoms with Crippen molar-refractivity contribution in [3.63, 3.8) is 0 Å². The van der Waals surface area contributed by atoms with Gasteiger partial charge in [-0.15, -0.1) is 0 Å². The van der Waals surface area contributed by atoms with Crippen molar-refractivity contribution in [2.45, 2.75) is 0 Å². The number of nitrogens with zero attached hydrogens (tertiary/aromatic N) is 2. The fraction of sp³-hybridized carbons (Fsp3) is 0.200. The highest BCUT2D eigenvalue weighted by Crippen LogP contribution is 2.29. The minimum atomic E-state index is -0.638. The molecule has 114 valence electrons. The molecule has 0 bridgehead atoms. The largest absolute Gasteiger partial charge is 0.497 e. The maximum absolute atomic E-state index is 12.0. The minimum Gasteiger partial charge on any atom is -0.497 e. The zero-order valence-electron chi connectivity index (χ0n) is 12.4. The van der Waals surface area contributed by atoms with Gasteiger partial charge in [0.2, 0.25) is 0 Å². The molecule has 0 amide bonds. The van der Waals surface area contributed by atoms with E-state index in [4.69, 9.17) is 25.2 Å². The normalized spacial score (nSPS) is 9.91. The average molecular weight is 301 g/mol. The summed E-state index contributed by atoms with van der Waals surface area (Å²) >= 11 is 0. The number of rotatable bonds is 4. The molecule has 0 spiro atoms. The summed E-state index contributed by atoms with van der Waals surface area (Å²) in [5.74, 6) is 0.438. The van der Waals surface area contributed by atoms with E-state index in [1.807, 2.05) is 6.07 Å². The van der Waals surface area contributed by atoms with Gasteiger partial charge in [-0.05, 0) is 0 Å². The summed E-state index contributed by atoms with van der Waals surface area (Å²) in [6.07, 6.45) is 1.47. The number of carbonyl (C=O) groups excluding carboxylic acids is 1. The summed E-state index contributed by atoms with van der Waals surface area (Å²) in [6.45, 7) is 0. The van der Waals surface area contributed by atoms with Crippen LogP contribution in [0.2, 0.25) is 0 Å². The second-order valence-corrected chi connectivity index (χ2v) is 4.35. The lowest BCUT2D eigenvalue weighted by Crippen LogP contribution is -2.11. The second kappa shape index (κ2) is 6.10. The van der Waals surface area contributed by atoms with Crippen molar-refractivity contribution in [1.82, 2.24) is 4.57 Å². The van der Waals surface area contributed by atoms with Crippen LogP contribution in [0.5, 0.6) is 11.5 Å². The zero-order chi connectivity index (χ0) is 16.3. The molecule has 2 rings (SSSR count). The van der Waals surface area contributed by atoms with Crippen molar-refractivity contribution >= 4 is 11.7 Å². The van der Waals surface area contributed by atoms with E-state index in [9.17, 15) is 4.79 Å². The van der Waals surface area contributed by atoms with Gasteiger partial charge in [-0.2, -0.15) is 5.26 Å². The van der Waals surface area contributed by atoms with Crippen molar-refractivity contribution in [1.29, 1.82) is 5.26 Å². The minimum absolute atomic E-state index is 0.0659. The maximum Gasteiger partial charge on any atom is 0.357 e. The van der Waals surface area contributed by atoms with Crippen LogP contribution in [0.3, 0.4) is 0 Å². The van der Waals surface area contributed by atoms with E-state index in [1.54, 1.807) is 18.2 Å². The summed E-state index contributed by atoms with van der Waals surface area (Å²) in [5.41, 5.74) is 6.75. The molecule has 7 heteroatoms. The number of nitrogen functional groups attached to an aromatic ring is 1. The molecule has 0 fully saturated rings. The molecule has 1 heterocycles. The smallest absolute Gasteiger partial charge is 0.357 e. The number of carbonyl (C=O) groups is 1. The molecule has 22 heavy (non-hydrogen) atoms. The molecule has 0 radical (unpaired) electrons. The molecule has 0 aliphatic heterocycles. The lowest BCUT2D eigenvalue weighted by atomic mass is 10.2. The number of ether oxygens (including phenoxy) is 3. The Balaban J connectivity index is 2.72. The Labute approximate surface area is 127 Å². The number of nitrogens with two attached hydrogens (primary N) is 1. The second-order valence-electron chi connectivity index (χ2n) is 4.35. The SMILES string of the molecule is COC(=O)c1c(N)c(C#N)cn1-c1cc(OC)cc(OC)c1. The standard InChI is InChI=1S/C15H15N3O4/c1-20-11-4-10(5-12(6-11)21-2)18-8-9(7-16)13(17)14(18)15(19)22-3/h4-6,8H,17H2,1-3H3. The van der Waals surface area contributed by atoms with Crippen molar-refractivity contribution in [2.75, 3.05) is 27.1 Å². The van der Waals surface area contributed by atoms with Gasteiger partial charge in [0.25, 0.3) is 0 Å². The van der Waals surface area contributed by atoms with E-state index in [0.29, 0.717) is 17.2 Å². The molecule has 0 aliphatic carbocycles. The maximum atomic E-state index is 12.0. The van der Waals surface area contributed by atoms with Crippen molar-refractivity contribution in [3.8, 4) is 23.3 Å². The van der Waals surface area contributed by atoms with Crippen LogP contribution in [0.15, 0.2) is 24.4 Å². The van der Waals surface area contributed by atoms with E-state index in [-0.39, 0.29) is 16.9 Å². The molecular formula is C15H15N3O4. The highest BCUT2D eigenvalue weighted by Gasteiger charge is 2.22. The quantitative estimate of drug-likeness (QED) is 0.863. The van der Waals surface area contributed by atoms with Gasteiger partial charge in [0.15, 0.2) is 5.69 Å². The Morgan fingerprint density at radius 2 is 1.77 bits per heavy atom. The van der Waals surface area contributed by atoms with Crippen LogP contribution in [0.4, 0.5) is 5.69 Å². The molecule has 1 aromatic carbocycles. The first-order chi connectivity index (χ1) is 10.5. The van der Waals surface area contributed by atoms with Gasteiger partial charge in [-0.3, -0.25) is 0 Å². The number of hydrogen-bond acceptors (Lipinski definition) is 6. The van der Waals surface area contributed by atoms with E-state index in [1.165, 1.54) is 32.1 Å². The Hall–Kier alpha value is -3.14. The molecular weight excluding hydrogens is 286 g/mol. The number of aromatic nitrogens is 1. The van der Waals surface area contributed by atoms with Crippen molar-refractivity contribution in [2.24, 2.45) is 0 Å². The average Bonchev–Trinajstić information content (AvgIpc) is 2.90. The van der Waals surface area contributed by atoms with E-state index in [0.717, 1.165) is 0 Å². The number of nitriles is 1. The molecule has 0 aliphatic rings. The molecule has 1 aromatic heterocycles. The van der Waals surface area contributed by atoms with E-state index < -0.39 is 5.97 Å². The predicted octanol–water partition coefficient (Wildman–Crippen LogP) is 1.73. The van der Waals surface area contributed by atoms with Gasteiger partial charge in [0, 0.05) is 24.4 Å². The molecule has 0 saturated carbocycles. The predicted molar refractivity (Wildman–Crippen MR) is 79.3 cm³/mol. The number of esters is 1. The number of hydrogen-bond donors (Lipinski definition) is 1. The van der Waals surface area contributed by atoms with Crippen LogP contribution in [0, 0.1) is 11.3 Å². The number of methoxy groups -OCH3 is 3. The van der Waals surface area contributed by atoms with Gasteiger partial charge in [0.1, 0.15) is 17.6 Å². The lowest BCUT2D eigenvalue weighted by molar-refractivity contribution is 0.0593. The molecule has 0 unspecified atom stereocenters. The van der Waals surface area contributed by atoms with Crippen LogP contribution in [0.25, 0.3) is 5.69 Å². The third-order valence-corrected chi connectivity index (χ3v) is 3.16. The molecule has 0 atom stereocenters. The first kappa shape index (κ1) is 15.3. The third kappa shape index (κ3) is 2.54. The van der Waals surface area contributed by atoms with E-state index in [2.05, 4.69) is 0 Å².